The maximum absolute atomic E-state index is 12.9. The first-order valence-corrected chi connectivity index (χ1v) is 9.83. The second-order valence-corrected chi connectivity index (χ2v) is 8.65. The molecule has 1 aliphatic rings. The number of piperidine rings is 1. The molecule has 0 amide bonds. The molecule has 0 aromatic heterocycles. The van der Waals surface area contributed by atoms with E-state index in [9.17, 15) is 18.5 Å². The third-order valence-corrected chi connectivity index (χ3v) is 6.12. The molecule has 1 heterocycles. The Morgan fingerprint density at radius 2 is 1.96 bits per heavy atom. The molecule has 1 aromatic carbocycles. The van der Waals surface area contributed by atoms with Crippen molar-refractivity contribution in [2.24, 2.45) is 11.8 Å². The fourth-order valence-corrected chi connectivity index (χ4v) is 4.93. The molecule has 1 saturated heterocycles. The first kappa shape index (κ1) is 19.6. The highest BCUT2D eigenvalue weighted by molar-refractivity contribution is 7.89. The Kier molecular flexibility index (Phi) is 6.36. The SMILES string of the molecule is C[C@@H]1C[C@H](C)CN(S(=O)(=O)c2ccc(NCCCO)c([N+](=O)[O-])c2)C1. The zero-order valence-electron chi connectivity index (χ0n) is 14.5. The lowest BCUT2D eigenvalue weighted by atomic mass is 9.94. The lowest BCUT2D eigenvalue weighted by Crippen LogP contribution is -2.42. The highest BCUT2D eigenvalue weighted by Crippen LogP contribution is 2.31. The molecule has 2 N–H and O–H groups in total. The van der Waals surface area contributed by atoms with Gasteiger partial charge in [0.2, 0.25) is 10.0 Å². The van der Waals surface area contributed by atoms with Gasteiger partial charge >= 0.3 is 0 Å². The van der Waals surface area contributed by atoms with Crippen molar-refractivity contribution in [3.63, 3.8) is 0 Å². The first-order valence-electron chi connectivity index (χ1n) is 8.39. The molecule has 0 saturated carbocycles. The van der Waals surface area contributed by atoms with Crippen molar-refractivity contribution in [3.8, 4) is 0 Å². The molecule has 1 fully saturated rings. The summed E-state index contributed by atoms with van der Waals surface area (Å²) in [4.78, 5) is 10.7. The van der Waals surface area contributed by atoms with Gasteiger partial charge in [0, 0.05) is 32.3 Å². The Balaban J connectivity index is 2.31. The molecular weight excluding hydrogens is 346 g/mol. The molecular formula is C16H25N3O5S. The minimum Gasteiger partial charge on any atom is -0.396 e. The van der Waals surface area contributed by atoms with E-state index in [-0.39, 0.29) is 34.7 Å². The third-order valence-electron chi connectivity index (χ3n) is 4.29. The van der Waals surface area contributed by atoms with Crippen LogP contribution in [0, 0.1) is 22.0 Å². The van der Waals surface area contributed by atoms with Crippen LogP contribution < -0.4 is 5.32 Å². The van der Waals surface area contributed by atoms with E-state index in [1.54, 1.807) is 0 Å². The molecule has 1 aromatic rings. The summed E-state index contributed by atoms with van der Waals surface area (Å²) in [6.45, 7) is 5.21. The first-order chi connectivity index (χ1) is 11.8. The van der Waals surface area contributed by atoms with Crippen molar-refractivity contribution in [1.29, 1.82) is 0 Å². The summed E-state index contributed by atoms with van der Waals surface area (Å²) in [6, 6.07) is 3.92. The predicted octanol–water partition coefficient (Wildman–Crippen LogP) is 2.06. The second kappa shape index (κ2) is 8.11. The number of sulfonamides is 1. The van der Waals surface area contributed by atoms with Crippen LogP contribution in [-0.4, -0.2) is 49.0 Å². The number of anilines is 1. The molecule has 0 unspecified atom stereocenters. The molecule has 1 aliphatic heterocycles. The Morgan fingerprint density at radius 3 is 2.52 bits per heavy atom. The summed E-state index contributed by atoms with van der Waals surface area (Å²) in [6.07, 6.45) is 1.42. The molecule has 140 valence electrons. The van der Waals surface area contributed by atoms with Crippen molar-refractivity contribution in [2.75, 3.05) is 31.6 Å². The van der Waals surface area contributed by atoms with Crippen molar-refractivity contribution in [3.05, 3.63) is 28.3 Å². The van der Waals surface area contributed by atoms with Crippen LogP contribution in [0.15, 0.2) is 23.1 Å². The van der Waals surface area contributed by atoms with Gasteiger partial charge in [0.1, 0.15) is 5.69 Å². The van der Waals surface area contributed by atoms with Gasteiger partial charge in [-0.25, -0.2) is 8.42 Å². The van der Waals surface area contributed by atoms with Crippen molar-refractivity contribution in [1.82, 2.24) is 4.31 Å². The predicted molar refractivity (Wildman–Crippen MR) is 95.0 cm³/mol. The number of aliphatic hydroxyl groups excluding tert-OH is 1. The van der Waals surface area contributed by atoms with Gasteiger partial charge in [0.15, 0.2) is 0 Å². The van der Waals surface area contributed by atoms with E-state index in [4.69, 9.17) is 5.11 Å². The van der Waals surface area contributed by atoms with Gasteiger partial charge in [0.25, 0.3) is 5.69 Å². The molecule has 0 aliphatic carbocycles. The van der Waals surface area contributed by atoms with Gasteiger partial charge in [-0.3, -0.25) is 10.1 Å². The monoisotopic (exact) mass is 371 g/mol. The van der Waals surface area contributed by atoms with E-state index >= 15 is 0 Å². The smallest absolute Gasteiger partial charge is 0.293 e. The number of nitro benzene ring substituents is 1. The second-order valence-electron chi connectivity index (χ2n) is 6.71. The molecule has 8 nitrogen and oxygen atoms in total. The van der Waals surface area contributed by atoms with Gasteiger partial charge in [-0.15, -0.1) is 0 Å². The Labute approximate surface area is 148 Å². The minimum atomic E-state index is -3.76. The van der Waals surface area contributed by atoms with Crippen molar-refractivity contribution >= 4 is 21.4 Å². The van der Waals surface area contributed by atoms with Gasteiger partial charge in [-0.2, -0.15) is 4.31 Å². The summed E-state index contributed by atoms with van der Waals surface area (Å²) >= 11 is 0. The molecule has 9 heteroatoms. The number of benzene rings is 1. The van der Waals surface area contributed by atoms with Crippen LogP contribution >= 0.6 is 0 Å². The maximum Gasteiger partial charge on any atom is 0.293 e. The van der Waals surface area contributed by atoms with Crippen molar-refractivity contribution in [2.45, 2.75) is 31.6 Å². The molecule has 0 spiro atoms. The zero-order chi connectivity index (χ0) is 18.6. The maximum atomic E-state index is 12.9. The highest BCUT2D eigenvalue weighted by Gasteiger charge is 2.33. The number of nitrogens with one attached hydrogen (secondary N) is 1. The number of aliphatic hydroxyl groups is 1. The summed E-state index contributed by atoms with van der Waals surface area (Å²) in [5.74, 6) is 0.515. The Hall–Kier alpha value is -1.71. The van der Waals surface area contributed by atoms with Gasteiger partial charge in [0.05, 0.1) is 9.82 Å². The van der Waals surface area contributed by atoms with Crippen LogP contribution in [0.3, 0.4) is 0 Å². The average Bonchev–Trinajstić information content (AvgIpc) is 2.54. The molecule has 2 atom stereocenters. The summed E-state index contributed by atoms with van der Waals surface area (Å²) in [5, 5.41) is 23.0. The quantitative estimate of drug-likeness (QED) is 0.431. The summed E-state index contributed by atoms with van der Waals surface area (Å²) < 4.78 is 27.2. The average molecular weight is 371 g/mol. The number of nitro groups is 1. The van der Waals surface area contributed by atoms with Gasteiger partial charge < -0.3 is 10.4 Å². The standard InChI is InChI=1S/C16H25N3O5S/c1-12-8-13(2)11-18(10-12)25(23,24)14-4-5-15(17-6-3-7-20)16(9-14)19(21)22/h4-5,9,12-13,17,20H,3,6-8,10-11H2,1-2H3/t12-,13+. The zero-order valence-corrected chi connectivity index (χ0v) is 15.3. The van der Waals surface area contributed by atoms with Crippen LogP contribution in [0.5, 0.6) is 0 Å². The van der Waals surface area contributed by atoms with Crippen LogP contribution in [0.2, 0.25) is 0 Å². The van der Waals surface area contributed by atoms with E-state index < -0.39 is 14.9 Å². The van der Waals surface area contributed by atoms with E-state index in [0.29, 0.717) is 26.1 Å². The molecule has 0 bridgehead atoms. The lowest BCUT2D eigenvalue weighted by Gasteiger charge is -2.34. The Morgan fingerprint density at radius 1 is 1.32 bits per heavy atom. The van der Waals surface area contributed by atoms with E-state index in [1.165, 1.54) is 16.4 Å². The number of nitrogens with zero attached hydrogens (tertiary/aromatic N) is 2. The normalized spacial score (nSPS) is 21.9. The topological polar surface area (TPSA) is 113 Å². The minimum absolute atomic E-state index is 0.0292. The van der Waals surface area contributed by atoms with Crippen LogP contribution in [0.25, 0.3) is 0 Å². The van der Waals surface area contributed by atoms with E-state index in [2.05, 4.69) is 5.32 Å². The summed E-state index contributed by atoms with van der Waals surface area (Å²) in [5.41, 5.74) is -0.0325. The van der Waals surface area contributed by atoms with Gasteiger partial charge in [-0.1, -0.05) is 13.8 Å². The van der Waals surface area contributed by atoms with Gasteiger partial charge in [-0.05, 0) is 36.8 Å². The van der Waals surface area contributed by atoms with E-state index in [1.807, 2.05) is 13.8 Å². The molecule has 0 radical (unpaired) electrons. The fourth-order valence-electron chi connectivity index (χ4n) is 3.23. The van der Waals surface area contributed by atoms with Crippen LogP contribution in [-0.2, 0) is 10.0 Å². The van der Waals surface area contributed by atoms with Crippen LogP contribution in [0.1, 0.15) is 26.7 Å². The largest absolute Gasteiger partial charge is 0.396 e. The van der Waals surface area contributed by atoms with Crippen LogP contribution in [0.4, 0.5) is 11.4 Å². The fraction of sp³-hybridized carbons (Fsp3) is 0.625. The molecule has 25 heavy (non-hydrogen) atoms. The van der Waals surface area contributed by atoms with E-state index in [0.717, 1.165) is 12.5 Å². The number of hydrogen-bond donors (Lipinski definition) is 2. The number of hydrogen-bond acceptors (Lipinski definition) is 6. The molecule has 2 rings (SSSR count). The lowest BCUT2D eigenvalue weighted by molar-refractivity contribution is -0.384. The van der Waals surface area contributed by atoms with Crippen molar-refractivity contribution < 1.29 is 18.4 Å². The highest BCUT2D eigenvalue weighted by atomic mass is 32.2. The summed E-state index contributed by atoms with van der Waals surface area (Å²) in [7, 11) is -3.76. The Bertz CT molecular complexity index is 712. The number of rotatable bonds is 7. The third kappa shape index (κ3) is 4.68.